The fourth-order valence-corrected chi connectivity index (χ4v) is 3.69. The number of hydrogen-bond donors (Lipinski definition) is 3. The number of aliphatic hydroxyl groups is 1. The summed E-state index contributed by atoms with van der Waals surface area (Å²) in [4.78, 5) is 38.5. The van der Waals surface area contributed by atoms with Crippen LogP contribution in [-0.4, -0.2) is 85.0 Å². The van der Waals surface area contributed by atoms with E-state index in [1.807, 2.05) is 13.8 Å². The van der Waals surface area contributed by atoms with E-state index in [1.165, 1.54) is 38.8 Å². The van der Waals surface area contributed by atoms with Crippen LogP contribution < -0.4 is 10.6 Å². The standard InChI is InChI=1S/C17H31N3O4.C8H17N.C3H8/c1-13(2)15(20(4)16(23)11-18-12-22)10-14(3)17(24)19-8-6-5-7-9-21;1-8(2)9-6-4-3-5-7-9;1-3-2/h10,12-13,15,21H,5-9,11H2,1-4H3,(H,18,22)(H,19,24);8H,3-7H2,1-2H3;3H2,1-2H3/b14-10+;;/t15-;;/m1../s1. The highest BCUT2D eigenvalue weighted by Crippen LogP contribution is 2.14. The van der Waals surface area contributed by atoms with Gasteiger partial charge in [0.1, 0.15) is 0 Å². The van der Waals surface area contributed by atoms with Crippen molar-refractivity contribution >= 4 is 18.2 Å². The van der Waals surface area contributed by atoms with Gasteiger partial charge in [0.25, 0.3) is 0 Å². The van der Waals surface area contributed by atoms with Gasteiger partial charge < -0.3 is 25.5 Å². The Morgan fingerprint density at radius 2 is 1.61 bits per heavy atom. The van der Waals surface area contributed by atoms with Crippen molar-refractivity contribution in [3.8, 4) is 0 Å². The van der Waals surface area contributed by atoms with Crippen LogP contribution >= 0.6 is 0 Å². The average molecular weight is 513 g/mol. The Bertz CT molecular complexity index is 602. The van der Waals surface area contributed by atoms with Crippen molar-refractivity contribution in [2.45, 2.75) is 105 Å². The molecule has 1 aliphatic heterocycles. The minimum Gasteiger partial charge on any atom is -0.396 e. The summed E-state index contributed by atoms with van der Waals surface area (Å²) in [7, 11) is 1.66. The topological polar surface area (TPSA) is 102 Å². The second-order valence-electron chi connectivity index (χ2n) is 10.0. The van der Waals surface area contributed by atoms with Crippen LogP contribution in [0.4, 0.5) is 0 Å². The van der Waals surface area contributed by atoms with Crippen LogP contribution in [0, 0.1) is 5.92 Å². The number of hydrogen-bond acceptors (Lipinski definition) is 5. The quantitative estimate of drug-likeness (QED) is 0.198. The highest BCUT2D eigenvalue weighted by Gasteiger charge is 2.22. The van der Waals surface area contributed by atoms with Crippen LogP contribution in [0.2, 0.25) is 0 Å². The van der Waals surface area contributed by atoms with Gasteiger partial charge in [-0.05, 0) is 71.9 Å². The molecule has 8 heteroatoms. The number of nitrogens with zero attached hydrogens (tertiary/aromatic N) is 2. The Hall–Kier alpha value is -1.93. The van der Waals surface area contributed by atoms with Gasteiger partial charge in [-0.1, -0.05) is 46.6 Å². The van der Waals surface area contributed by atoms with Crippen molar-refractivity contribution in [3.05, 3.63) is 11.6 Å². The van der Waals surface area contributed by atoms with Crippen molar-refractivity contribution in [1.82, 2.24) is 20.4 Å². The number of nitrogens with one attached hydrogen (secondary N) is 2. The monoisotopic (exact) mass is 512 g/mol. The zero-order chi connectivity index (χ0) is 27.9. The smallest absolute Gasteiger partial charge is 0.246 e. The summed E-state index contributed by atoms with van der Waals surface area (Å²) in [5.74, 6) is -0.242. The molecule has 8 nitrogen and oxygen atoms in total. The molecule has 1 fully saturated rings. The van der Waals surface area contributed by atoms with Crippen LogP contribution in [0.25, 0.3) is 0 Å². The summed E-state index contributed by atoms with van der Waals surface area (Å²) in [6.45, 7) is 17.8. The Morgan fingerprint density at radius 3 is 2.06 bits per heavy atom. The van der Waals surface area contributed by atoms with E-state index in [0.717, 1.165) is 25.3 Å². The molecule has 0 aromatic carbocycles. The number of piperidine rings is 1. The molecule has 0 radical (unpaired) electrons. The van der Waals surface area contributed by atoms with Crippen molar-refractivity contribution in [3.63, 3.8) is 0 Å². The lowest BCUT2D eigenvalue weighted by atomic mass is 9.99. The molecule has 1 rings (SSSR count). The highest BCUT2D eigenvalue weighted by molar-refractivity contribution is 5.93. The summed E-state index contributed by atoms with van der Waals surface area (Å²) in [6.07, 6.45) is 10.2. The molecule has 0 aliphatic carbocycles. The lowest BCUT2D eigenvalue weighted by Crippen LogP contribution is -2.43. The van der Waals surface area contributed by atoms with Gasteiger partial charge in [-0.25, -0.2) is 0 Å². The summed E-state index contributed by atoms with van der Waals surface area (Å²) in [5, 5.41) is 13.9. The predicted molar refractivity (Wildman–Crippen MR) is 150 cm³/mol. The van der Waals surface area contributed by atoms with Gasteiger partial charge >= 0.3 is 0 Å². The number of carbonyl (C=O) groups excluding carboxylic acids is 3. The fourth-order valence-electron chi connectivity index (χ4n) is 3.69. The van der Waals surface area contributed by atoms with Gasteiger partial charge in [0, 0.05) is 31.8 Å². The van der Waals surface area contributed by atoms with Crippen molar-refractivity contribution in [2.75, 3.05) is 39.8 Å². The van der Waals surface area contributed by atoms with E-state index in [9.17, 15) is 14.4 Å². The number of likely N-dealkylation sites (N-methyl/N-ethyl adjacent to an activating group) is 1. The molecule has 1 atom stereocenters. The molecule has 1 aliphatic rings. The van der Waals surface area contributed by atoms with E-state index >= 15 is 0 Å². The van der Waals surface area contributed by atoms with Crippen LogP contribution in [-0.2, 0) is 14.4 Å². The third-order valence-corrected chi connectivity index (χ3v) is 5.88. The Balaban J connectivity index is 0. The van der Waals surface area contributed by atoms with E-state index in [-0.39, 0.29) is 36.9 Å². The normalized spacial score (nSPS) is 14.7. The first-order chi connectivity index (χ1) is 17.1. The van der Waals surface area contributed by atoms with E-state index in [1.54, 1.807) is 24.9 Å². The molecular formula is C28H56N4O4. The van der Waals surface area contributed by atoms with Gasteiger partial charge in [0.2, 0.25) is 18.2 Å². The summed E-state index contributed by atoms with van der Waals surface area (Å²) >= 11 is 0. The molecule has 36 heavy (non-hydrogen) atoms. The molecule has 0 aromatic rings. The zero-order valence-electron chi connectivity index (χ0n) is 24.4. The number of amides is 3. The SMILES string of the molecule is C/C(=C\[C@H](C(C)C)N(C)C(=O)CNC=O)C(=O)NCCCCCO.CC(C)N1CCCCC1.CCC. The van der Waals surface area contributed by atoms with E-state index in [2.05, 4.69) is 43.2 Å². The molecule has 3 amide bonds. The van der Waals surface area contributed by atoms with E-state index < -0.39 is 0 Å². The minimum atomic E-state index is -0.230. The first-order valence-electron chi connectivity index (χ1n) is 13.8. The first-order valence-corrected chi connectivity index (χ1v) is 13.8. The van der Waals surface area contributed by atoms with Crippen molar-refractivity contribution < 1.29 is 19.5 Å². The van der Waals surface area contributed by atoms with Gasteiger partial charge in [-0.3, -0.25) is 14.4 Å². The predicted octanol–water partition coefficient (Wildman–Crippen LogP) is 3.74. The van der Waals surface area contributed by atoms with Crippen LogP contribution in [0.5, 0.6) is 0 Å². The second-order valence-corrected chi connectivity index (χ2v) is 10.0. The van der Waals surface area contributed by atoms with Gasteiger partial charge in [0.05, 0.1) is 12.6 Å². The Morgan fingerprint density at radius 1 is 1.03 bits per heavy atom. The molecule has 0 aromatic heterocycles. The number of unbranched alkanes of at least 4 members (excludes halogenated alkanes) is 2. The third-order valence-electron chi connectivity index (χ3n) is 5.88. The maximum atomic E-state index is 12.1. The number of carbonyl (C=O) groups is 3. The maximum Gasteiger partial charge on any atom is 0.246 e. The lowest BCUT2D eigenvalue weighted by molar-refractivity contribution is -0.132. The molecule has 1 saturated heterocycles. The maximum absolute atomic E-state index is 12.1. The molecule has 3 N–H and O–H groups in total. The Kier molecular flexibility index (Phi) is 23.6. The Labute approximate surface area is 221 Å². The summed E-state index contributed by atoms with van der Waals surface area (Å²) < 4.78 is 0. The van der Waals surface area contributed by atoms with Crippen LogP contribution in [0.1, 0.15) is 93.4 Å². The molecule has 212 valence electrons. The number of aliphatic hydroxyl groups excluding tert-OH is 1. The molecular weight excluding hydrogens is 456 g/mol. The van der Waals surface area contributed by atoms with Gasteiger partial charge in [-0.2, -0.15) is 0 Å². The van der Waals surface area contributed by atoms with Crippen molar-refractivity contribution in [1.29, 1.82) is 0 Å². The largest absolute Gasteiger partial charge is 0.396 e. The van der Waals surface area contributed by atoms with Gasteiger partial charge in [0.15, 0.2) is 0 Å². The molecule has 0 spiro atoms. The lowest BCUT2D eigenvalue weighted by Gasteiger charge is -2.29. The van der Waals surface area contributed by atoms with Crippen molar-refractivity contribution in [2.24, 2.45) is 5.92 Å². The highest BCUT2D eigenvalue weighted by atomic mass is 16.3. The third kappa shape index (κ3) is 18.4. The van der Waals surface area contributed by atoms with Crippen LogP contribution in [0.3, 0.4) is 0 Å². The molecule has 1 heterocycles. The average Bonchev–Trinajstić information content (AvgIpc) is 2.86. The fraction of sp³-hybridized carbons (Fsp3) is 0.821. The van der Waals surface area contributed by atoms with Crippen LogP contribution in [0.15, 0.2) is 11.6 Å². The van der Waals surface area contributed by atoms with E-state index in [4.69, 9.17) is 5.11 Å². The molecule has 0 unspecified atom stereocenters. The first kappa shape index (κ1) is 36.2. The number of rotatable bonds is 13. The van der Waals surface area contributed by atoms with Gasteiger partial charge in [-0.15, -0.1) is 0 Å². The summed E-state index contributed by atoms with van der Waals surface area (Å²) in [5.41, 5.74) is 0.554. The second kappa shape index (κ2) is 23.5. The molecule has 0 bridgehead atoms. The zero-order valence-corrected chi connectivity index (χ0v) is 24.4. The minimum absolute atomic E-state index is 0.0623. The number of likely N-dealkylation sites (tertiary alicyclic amines) is 1. The molecule has 0 saturated carbocycles. The summed E-state index contributed by atoms with van der Waals surface area (Å²) in [6, 6.07) is 0.538. The van der Waals surface area contributed by atoms with E-state index in [0.29, 0.717) is 18.5 Å².